The van der Waals surface area contributed by atoms with Gasteiger partial charge in [-0.15, -0.1) is 13.2 Å². The van der Waals surface area contributed by atoms with Gasteiger partial charge in [0.15, 0.2) is 0 Å². The molecule has 3 amide bonds. The normalized spacial score (nSPS) is 21.4. The number of hydrogen-bond donors (Lipinski definition) is 2. The summed E-state index contributed by atoms with van der Waals surface area (Å²) in [5, 5.41) is 5.95. The summed E-state index contributed by atoms with van der Waals surface area (Å²) in [7, 11) is 0. The Labute approximate surface area is 198 Å². The topological polar surface area (TPSA) is 96.3 Å². The molecule has 186 valence electrons. The van der Waals surface area contributed by atoms with Crippen molar-refractivity contribution in [3.05, 3.63) is 35.0 Å². The van der Waals surface area contributed by atoms with Crippen molar-refractivity contribution < 1.29 is 36.7 Å². The van der Waals surface area contributed by atoms with Gasteiger partial charge >= 0.3 is 12.4 Å². The molecule has 2 aromatic rings. The summed E-state index contributed by atoms with van der Waals surface area (Å²) in [6, 6.07) is 6.87. The molecule has 2 fully saturated rings. The van der Waals surface area contributed by atoms with Crippen LogP contribution in [0.1, 0.15) is 18.6 Å². The average molecular weight is 505 g/mol. The highest BCUT2D eigenvalue weighted by atomic mass is 35.5. The van der Waals surface area contributed by atoms with Gasteiger partial charge in [0.25, 0.3) is 5.91 Å². The minimum absolute atomic E-state index is 0.0996. The summed E-state index contributed by atoms with van der Waals surface area (Å²) in [6.45, 7) is 1.63. The summed E-state index contributed by atoms with van der Waals surface area (Å²) in [5.74, 6) is 0.211. The van der Waals surface area contributed by atoms with Crippen LogP contribution in [0, 0.1) is 0 Å². The number of urea groups is 1. The van der Waals surface area contributed by atoms with E-state index in [-0.39, 0.29) is 32.0 Å². The molecular weight excluding hydrogens is 481 g/mol. The van der Waals surface area contributed by atoms with Crippen molar-refractivity contribution in [2.75, 3.05) is 32.8 Å². The number of ether oxygens (including phenoxy) is 2. The smallest absolute Gasteiger partial charge is 0.459 e. The van der Waals surface area contributed by atoms with Crippen molar-refractivity contribution in [2.24, 2.45) is 0 Å². The summed E-state index contributed by atoms with van der Waals surface area (Å²) >= 11 is 5.97. The first-order valence-corrected chi connectivity index (χ1v) is 11.1. The van der Waals surface area contributed by atoms with E-state index in [1.54, 1.807) is 28.1 Å². The maximum atomic E-state index is 12.4. The van der Waals surface area contributed by atoms with Crippen molar-refractivity contribution >= 4 is 34.5 Å². The quantitative estimate of drug-likeness (QED) is 0.602. The Morgan fingerprint density at radius 2 is 1.85 bits per heavy atom. The van der Waals surface area contributed by atoms with Crippen LogP contribution in [0.15, 0.2) is 28.7 Å². The van der Waals surface area contributed by atoms with Crippen LogP contribution in [-0.2, 0) is 20.8 Å². The highest BCUT2D eigenvalue weighted by Crippen LogP contribution is 2.32. The predicted molar refractivity (Wildman–Crippen MR) is 115 cm³/mol. The lowest BCUT2D eigenvalue weighted by Crippen LogP contribution is -2.57. The van der Waals surface area contributed by atoms with Crippen LogP contribution in [0.5, 0.6) is 0 Å². The Balaban J connectivity index is 1.11. The first kappa shape index (κ1) is 24.6. The van der Waals surface area contributed by atoms with Crippen LogP contribution in [0.2, 0.25) is 5.02 Å². The number of halogens is 4. The number of amides is 3. The second kappa shape index (κ2) is 10.4. The maximum Gasteiger partial charge on any atom is 0.522 e. The van der Waals surface area contributed by atoms with Gasteiger partial charge in [-0.25, -0.2) is 9.80 Å². The summed E-state index contributed by atoms with van der Waals surface area (Å²) in [4.78, 5) is 26.1. The molecule has 1 aromatic carbocycles. The molecule has 0 radical (unpaired) electrons. The minimum atomic E-state index is -4.66. The number of benzene rings is 1. The van der Waals surface area contributed by atoms with E-state index in [0.29, 0.717) is 42.5 Å². The molecular formula is C21H24ClF3N4O5. The zero-order valence-electron chi connectivity index (χ0n) is 18.1. The van der Waals surface area contributed by atoms with E-state index in [1.165, 1.54) is 0 Å². The molecule has 2 aliphatic rings. The van der Waals surface area contributed by atoms with Gasteiger partial charge in [-0.2, -0.15) is 0 Å². The largest absolute Gasteiger partial charge is 0.522 e. The Kier molecular flexibility index (Phi) is 7.51. The number of piperazine rings is 1. The molecule has 0 atom stereocenters. The number of hydrogen-bond acceptors (Lipinski definition) is 6. The third-order valence-corrected chi connectivity index (χ3v) is 5.83. The van der Waals surface area contributed by atoms with E-state index >= 15 is 0 Å². The number of fused-ring (bicyclic) bond motifs is 1. The number of hydrazine groups is 1. The standard InChI is InChI=1S/C21H24ClF3N4O5/c22-14-1-2-18-13(7-14)8-17(33-18)11-26-20(31)28-3-5-29(6-4-28)27-19(30)12-32-15-9-16(10-15)34-21(23,24)25/h1-2,7-8,15-16H,3-6,9-12H2,(H,26,31)(H,27,30)/t15-,16+. The predicted octanol–water partition coefficient (Wildman–Crippen LogP) is 3.03. The van der Waals surface area contributed by atoms with Gasteiger partial charge in [0.1, 0.15) is 18.0 Å². The third kappa shape index (κ3) is 6.75. The van der Waals surface area contributed by atoms with Crippen LogP contribution < -0.4 is 10.7 Å². The van der Waals surface area contributed by atoms with E-state index in [0.717, 1.165) is 5.39 Å². The zero-order chi connectivity index (χ0) is 24.3. The Morgan fingerprint density at radius 3 is 2.56 bits per heavy atom. The Hall–Kier alpha value is -2.54. The van der Waals surface area contributed by atoms with Gasteiger partial charge in [-0.3, -0.25) is 15.0 Å². The first-order chi connectivity index (χ1) is 16.1. The van der Waals surface area contributed by atoms with Gasteiger partial charge < -0.3 is 19.4 Å². The van der Waals surface area contributed by atoms with E-state index in [9.17, 15) is 22.8 Å². The molecule has 34 heavy (non-hydrogen) atoms. The van der Waals surface area contributed by atoms with Gasteiger partial charge in [-0.1, -0.05) is 11.6 Å². The van der Waals surface area contributed by atoms with Crippen LogP contribution in [-0.4, -0.2) is 73.2 Å². The van der Waals surface area contributed by atoms with E-state index in [1.807, 2.05) is 6.07 Å². The minimum Gasteiger partial charge on any atom is -0.459 e. The van der Waals surface area contributed by atoms with Crippen LogP contribution in [0.25, 0.3) is 11.0 Å². The summed E-state index contributed by atoms with van der Waals surface area (Å²) in [6.07, 6.45) is -5.81. The number of carbonyl (C=O) groups excluding carboxylic acids is 2. The molecule has 1 saturated carbocycles. The average Bonchev–Trinajstić information content (AvgIpc) is 3.15. The molecule has 0 bridgehead atoms. The van der Waals surface area contributed by atoms with E-state index in [4.69, 9.17) is 20.8 Å². The summed E-state index contributed by atoms with van der Waals surface area (Å²) in [5.41, 5.74) is 3.37. The third-order valence-electron chi connectivity index (χ3n) is 5.59. The van der Waals surface area contributed by atoms with Gasteiger partial charge in [0.05, 0.1) is 18.8 Å². The number of carbonyl (C=O) groups is 2. The maximum absolute atomic E-state index is 12.4. The number of furan rings is 1. The molecule has 1 aromatic heterocycles. The molecule has 0 unspecified atom stereocenters. The van der Waals surface area contributed by atoms with Crippen molar-refractivity contribution in [3.63, 3.8) is 0 Å². The summed E-state index contributed by atoms with van der Waals surface area (Å²) < 4.78 is 51.2. The molecule has 2 N–H and O–H groups in total. The lowest BCUT2D eigenvalue weighted by atomic mass is 9.92. The SMILES string of the molecule is O=C(CO[C@H]1C[C@@H](OC(F)(F)F)C1)NN1CCN(C(=O)NCc2cc3cc(Cl)ccc3o2)CC1. The van der Waals surface area contributed by atoms with Gasteiger partial charge in [0.2, 0.25) is 0 Å². The lowest BCUT2D eigenvalue weighted by Gasteiger charge is -2.36. The first-order valence-electron chi connectivity index (χ1n) is 10.8. The molecule has 13 heteroatoms. The Bertz CT molecular complexity index is 1020. The molecule has 4 rings (SSSR count). The molecule has 1 aliphatic carbocycles. The van der Waals surface area contributed by atoms with Crippen LogP contribution in [0.3, 0.4) is 0 Å². The van der Waals surface area contributed by atoms with E-state index < -0.39 is 24.5 Å². The monoisotopic (exact) mass is 504 g/mol. The molecule has 9 nitrogen and oxygen atoms in total. The number of rotatable bonds is 7. The molecule has 1 saturated heterocycles. The van der Waals surface area contributed by atoms with Crippen molar-refractivity contribution in [1.82, 2.24) is 20.7 Å². The van der Waals surface area contributed by atoms with Crippen LogP contribution in [0.4, 0.5) is 18.0 Å². The van der Waals surface area contributed by atoms with Gasteiger partial charge in [-0.05, 0) is 24.3 Å². The molecule has 2 heterocycles. The highest BCUT2D eigenvalue weighted by molar-refractivity contribution is 6.31. The number of nitrogens with zero attached hydrogens (tertiary/aromatic N) is 2. The second-order valence-corrected chi connectivity index (χ2v) is 8.59. The fourth-order valence-electron chi connectivity index (χ4n) is 3.79. The zero-order valence-corrected chi connectivity index (χ0v) is 18.8. The molecule has 0 spiro atoms. The fraction of sp³-hybridized carbons (Fsp3) is 0.524. The van der Waals surface area contributed by atoms with Gasteiger partial charge in [0, 0.05) is 49.4 Å². The highest BCUT2D eigenvalue weighted by Gasteiger charge is 2.40. The van der Waals surface area contributed by atoms with Crippen molar-refractivity contribution in [1.29, 1.82) is 0 Å². The second-order valence-electron chi connectivity index (χ2n) is 8.15. The number of alkyl halides is 3. The van der Waals surface area contributed by atoms with Crippen molar-refractivity contribution in [3.8, 4) is 0 Å². The van der Waals surface area contributed by atoms with E-state index in [2.05, 4.69) is 15.5 Å². The Morgan fingerprint density at radius 1 is 1.12 bits per heavy atom. The molecule has 1 aliphatic heterocycles. The van der Waals surface area contributed by atoms with Crippen LogP contribution >= 0.6 is 11.6 Å². The number of nitrogens with one attached hydrogen (secondary N) is 2. The lowest BCUT2D eigenvalue weighted by molar-refractivity contribution is -0.357. The van der Waals surface area contributed by atoms with Crippen molar-refractivity contribution in [2.45, 2.75) is 38.0 Å². The fourth-order valence-corrected chi connectivity index (χ4v) is 3.97.